The predicted octanol–water partition coefficient (Wildman–Crippen LogP) is 2.83. The van der Waals surface area contributed by atoms with Gasteiger partial charge in [0.2, 0.25) is 0 Å². The summed E-state index contributed by atoms with van der Waals surface area (Å²) in [7, 11) is 0. The SMILES string of the molecule is CCCNC(CC1CCOCC1)C1CC1C. The number of ether oxygens (including phenoxy) is 1. The van der Waals surface area contributed by atoms with Crippen LogP contribution >= 0.6 is 0 Å². The van der Waals surface area contributed by atoms with Crippen molar-refractivity contribution in [1.29, 1.82) is 0 Å². The van der Waals surface area contributed by atoms with Gasteiger partial charge in [-0.2, -0.15) is 0 Å². The Kier molecular flexibility index (Phi) is 4.66. The number of rotatable bonds is 6. The Labute approximate surface area is 100 Å². The van der Waals surface area contributed by atoms with Gasteiger partial charge >= 0.3 is 0 Å². The largest absolute Gasteiger partial charge is 0.381 e. The molecular weight excluding hydrogens is 198 g/mol. The molecule has 0 aromatic rings. The van der Waals surface area contributed by atoms with Crippen LogP contribution in [-0.4, -0.2) is 25.8 Å². The molecule has 16 heavy (non-hydrogen) atoms. The Bertz CT molecular complexity index is 201. The number of hydrogen-bond acceptors (Lipinski definition) is 2. The van der Waals surface area contributed by atoms with Crippen molar-refractivity contribution in [3.8, 4) is 0 Å². The fourth-order valence-electron chi connectivity index (χ4n) is 2.99. The minimum absolute atomic E-state index is 0.790. The van der Waals surface area contributed by atoms with Crippen LogP contribution in [0.4, 0.5) is 0 Å². The van der Waals surface area contributed by atoms with E-state index < -0.39 is 0 Å². The molecule has 0 aromatic carbocycles. The lowest BCUT2D eigenvalue weighted by Crippen LogP contribution is -2.35. The van der Waals surface area contributed by atoms with Crippen LogP contribution in [-0.2, 0) is 4.74 Å². The highest BCUT2D eigenvalue weighted by atomic mass is 16.5. The van der Waals surface area contributed by atoms with Crippen LogP contribution in [0.3, 0.4) is 0 Å². The van der Waals surface area contributed by atoms with E-state index in [-0.39, 0.29) is 0 Å². The van der Waals surface area contributed by atoms with Crippen LogP contribution in [0.25, 0.3) is 0 Å². The third-order valence-corrected chi connectivity index (χ3v) is 4.27. The third kappa shape index (κ3) is 3.46. The van der Waals surface area contributed by atoms with Gasteiger partial charge in [0.25, 0.3) is 0 Å². The summed E-state index contributed by atoms with van der Waals surface area (Å²) in [6.07, 6.45) is 6.66. The van der Waals surface area contributed by atoms with Gasteiger partial charge in [-0.3, -0.25) is 0 Å². The Morgan fingerprint density at radius 2 is 2.00 bits per heavy atom. The second-order valence-corrected chi connectivity index (χ2v) is 5.73. The fourth-order valence-corrected chi connectivity index (χ4v) is 2.99. The van der Waals surface area contributed by atoms with Gasteiger partial charge in [-0.1, -0.05) is 13.8 Å². The molecule has 1 aliphatic carbocycles. The lowest BCUT2D eigenvalue weighted by Gasteiger charge is -2.27. The summed E-state index contributed by atoms with van der Waals surface area (Å²) in [6.45, 7) is 7.83. The van der Waals surface area contributed by atoms with Crippen molar-refractivity contribution in [1.82, 2.24) is 5.32 Å². The summed E-state index contributed by atoms with van der Waals surface area (Å²) in [6, 6.07) is 0.790. The summed E-state index contributed by atoms with van der Waals surface area (Å²) < 4.78 is 5.44. The molecule has 0 amide bonds. The van der Waals surface area contributed by atoms with Crippen LogP contribution in [0.5, 0.6) is 0 Å². The standard InChI is InChI=1S/C14H27NO/c1-3-6-15-14(13-9-11(13)2)10-12-4-7-16-8-5-12/h11-15H,3-10H2,1-2H3. The van der Waals surface area contributed by atoms with E-state index >= 15 is 0 Å². The minimum Gasteiger partial charge on any atom is -0.381 e. The Balaban J connectivity index is 1.76. The van der Waals surface area contributed by atoms with Gasteiger partial charge in [-0.25, -0.2) is 0 Å². The molecule has 2 heteroatoms. The second kappa shape index (κ2) is 6.02. The highest BCUT2D eigenvalue weighted by Crippen LogP contribution is 2.43. The molecule has 0 aromatic heterocycles. The maximum Gasteiger partial charge on any atom is 0.0468 e. The molecule has 3 unspecified atom stereocenters. The van der Waals surface area contributed by atoms with Gasteiger partial charge in [0.15, 0.2) is 0 Å². The molecule has 0 bridgehead atoms. The molecule has 1 N–H and O–H groups in total. The maximum absolute atomic E-state index is 5.44. The molecule has 0 radical (unpaired) electrons. The first-order valence-corrected chi connectivity index (χ1v) is 7.12. The lowest BCUT2D eigenvalue weighted by molar-refractivity contribution is 0.0595. The first kappa shape index (κ1) is 12.4. The average molecular weight is 225 g/mol. The maximum atomic E-state index is 5.44. The molecular formula is C14H27NO. The Morgan fingerprint density at radius 1 is 1.31 bits per heavy atom. The highest BCUT2D eigenvalue weighted by Gasteiger charge is 2.39. The van der Waals surface area contributed by atoms with Crippen molar-refractivity contribution in [2.75, 3.05) is 19.8 Å². The summed E-state index contributed by atoms with van der Waals surface area (Å²) in [5, 5.41) is 3.77. The van der Waals surface area contributed by atoms with Crippen LogP contribution in [0, 0.1) is 17.8 Å². The summed E-state index contributed by atoms with van der Waals surface area (Å²) in [5.74, 6) is 2.85. The molecule has 2 fully saturated rings. The highest BCUT2D eigenvalue weighted by molar-refractivity contribution is 4.93. The molecule has 2 aliphatic rings. The van der Waals surface area contributed by atoms with Crippen LogP contribution in [0.1, 0.15) is 46.0 Å². The molecule has 1 saturated heterocycles. The summed E-state index contributed by atoms with van der Waals surface area (Å²) in [4.78, 5) is 0. The van der Waals surface area contributed by atoms with E-state index in [2.05, 4.69) is 19.2 Å². The molecule has 2 rings (SSSR count). The van der Waals surface area contributed by atoms with Gasteiger partial charge in [-0.05, 0) is 56.4 Å². The topological polar surface area (TPSA) is 21.3 Å². The van der Waals surface area contributed by atoms with Gasteiger partial charge in [0.05, 0.1) is 0 Å². The zero-order valence-electron chi connectivity index (χ0n) is 10.9. The van der Waals surface area contributed by atoms with E-state index in [1.54, 1.807) is 0 Å². The van der Waals surface area contributed by atoms with Crippen molar-refractivity contribution in [3.05, 3.63) is 0 Å². The van der Waals surface area contributed by atoms with Crippen molar-refractivity contribution >= 4 is 0 Å². The molecule has 1 heterocycles. The monoisotopic (exact) mass is 225 g/mol. The van der Waals surface area contributed by atoms with Crippen molar-refractivity contribution in [2.45, 2.75) is 52.0 Å². The number of hydrogen-bond donors (Lipinski definition) is 1. The van der Waals surface area contributed by atoms with E-state index in [9.17, 15) is 0 Å². The van der Waals surface area contributed by atoms with E-state index in [0.29, 0.717) is 0 Å². The van der Waals surface area contributed by atoms with E-state index in [1.807, 2.05) is 0 Å². The smallest absolute Gasteiger partial charge is 0.0468 e. The molecule has 1 aliphatic heterocycles. The van der Waals surface area contributed by atoms with Crippen molar-refractivity contribution < 1.29 is 4.74 Å². The third-order valence-electron chi connectivity index (χ3n) is 4.27. The van der Waals surface area contributed by atoms with Crippen LogP contribution < -0.4 is 5.32 Å². The minimum atomic E-state index is 0.790. The van der Waals surface area contributed by atoms with Crippen molar-refractivity contribution in [2.24, 2.45) is 17.8 Å². The zero-order chi connectivity index (χ0) is 11.4. The van der Waals surface area contributed by atoms with E-state index in [0.717, 1.165) is 37.0 Å². The van der Waals surface area contributed by atoms with E-state index in [4.69, 9.17) is 4.74 Å². The first-order chi connectivity index (χ1) is 7.81. The normalized spacial score (nSPS) is 32.6. The molecule has 1 saturated carbocycles. The van der Waals surface area contributed by atoms with Crippen LogP contribution in [0.2, 0.25) is 0 Å². The fraction of sp³-hybridized carbons (Fsp3) is 1.00. The van der Waals surface area contributed by atoms with Gasteiger partial charge in [-0.15, -0.1) is 0 Å². The predicted molar refractivity (Wildman–Crippen MR) is 67.5 cm³/mol. The van der Waals surface area contributed by atoms with Crippen molar-refractivity contribution in [3.63, 3.8) is 0 Å². The molecule has 94 valence electrons. The summed E-state index contributed by atoms with van der Waals surface area (Å²) in [5.41, 5.74) is 0. The lowest BCUT2D eigenvalue weighted by atomic mass is 9.90. The van der Waals surface area contributed by atoms with E-state index in [1.165, 1.54) is 38.6 Å². The first-order valence-electron chi connectivity index (χ1n) is 7.12. The molecule has 2 nitrogen and oxygen atoms in total. The van der Waals surface area contributed by atoms with Gasteiger partial charge in [0, 0.05) is 19.3 Å². The van der Waals surface area contributed by atoms with Gasteiger partial charge in [0.1, 0.15) is 0 Å². The zero-order valence-corrected chi connectivity index (χ0v) is 10.9. The number of nitrogens with one attached hydrogen (secondary N) is 1. The Hall–Kier alpha value is -0.0800. The second-order valence-electron chi connectivity index (χ2n) is 5.73. The molecule has 0 spiro atoms. The summed E-state index contributed by atoms with van der Waals surface area (Å²) >= 11 is 0. The Morgan fingerprint density at radius 3 is 2.56 bits per heavy atom. The average Bonchev–Trinajstić information content (AvgIpc) is 3.03. The van der Waals surface area contributed by atoms with Crippen LogP contribution in [0.15, 0.2) is 0 Å². The molecule has 3 atom stereocenters. The van der Waals surface area contributed by atoms with Gasteiger partial charge < -0.3 is 10.1 Å². The quantitative estimate of drug-likeness (QED) is 0.750.